The number of hydrogen-bond acceptors (Lipinski definition) is 3. The maximum atomic E-state index is 12.4. The number of aryl methyl sites for hydroxylation is 3. The molecule has 0 saturated carbocycles. The highest BCUT2D eigenvalue weighted by atomic mass is 16.1. The van der Waals surface area contributed by atoms with Crippen LogP contribution >= 0.6 is 0 Å². The maximum absolute atomic E-state index is 12.4. The van der Waals surface area contributed by atoms with Gasteiger partial charge in [0.05, 0.1) is 11.9 Å². The number of nitrogens with one attached hydrogen (secondary N) is 2. The predicted molar refractivity (Wildman–Crippen MR) is 103 cm³/mol. The van der Waals surface area contributed by atoms with E-state index in [0.29, 0.717) is 5.69 Å². The lowest BCUT2D eigenvalue weighted by Crippen LogP contribution is -2.15. The average molecular weight is 331 g/mol. The van der Waals surface area contributed by atoms with Crippen LogP contribution in [-0.2, 0) is 0 Å². The number of benzene rings is 2. The smallest absolute Gasteiger partial charge is 0.274 e. The van der Waals surface area contributed by atoms with E-state index in [9.17, 15) is 4.79 Å². The van der Waals surface area contributed by atoms with Gasteiger partial charge in [-0.2, -0.15) is 0 Å². The first-order valence-corrected chi connectivity index (χ1v) is 8.20. The van der Waals surface area contributed by atoms with Crippen molar-refractivity contribution in [2.75, 3.05) is 10.6 Å². The normalized spacial score (nSPS) is 10.4. The van der Waals surface area contributed by atoms with Crippen LogP contribution in [0.1, 0.15) is 27.2 Å². The van der Waals surface area contributed by atoms with Gasteiger partial charge in [-0.05, 0) is 61.7 Å². The van der Waals surface area contributed by atoms with Crippen LogP contribution in [0.3, 0.4) is 0 Å². The zero-order valence-electron chi connectivity index (χ0n) is 14.6. The monoisotopic (exact) mass is 331 g/mol. The van der Waals surface area contributed by atoms with Crippen molar-refractivity contribution >= 4 is 23.0 Å². The fraction of sp³-hybridized carbons (Fsp3) is 0.143. The summed E-state index contributed by atoms with van der Waals surface area (Å²) in [6.07, 6.45) is 1.67. The quantitative estimate of drug-likeness (QED) is 0.707. The van der Waals surface area contributed by atoms with E-state index in [2.05, 4.69) is 21.7 Å². The molecular formula is C21H21N3O. The molecule has 3 rings (SSSR count). The van der Waals surface area contributed by atoms with Crippen molar-refractivity contribution in [1.82, 2.24) is 4.98 Å². The highest BCUT2D eigenvalue weighted by Crippen LogP contribution is 2.21. The van der Waals surface area contributed by atoms with E-state index >= 15 is 0 Å². The lowest BCUT2D eigenvalue weighted by Gasteiger charge is -2.11. The number of nitrogens with zero attached hydrogens (tertiary/aromatic N) is 1. The molecule has 1 heterocycles. The molecule has 1 amide bonds. The van der Waals surface area contributed by atoms with E-state index in [1.807, 2.05) is 63.2 Å². The first-order chi connectivity index (χ1) is 12.0. The van der Waals surface area contributed by atoms with E-state index in [1.54, 1.807) is 12.3 Å². The van der Waals surface area contributed by atoms with Gasteiger partial charge < -0.3 is 10.6 Å². The number of para-hydroxylation sites is 1. The second kappa shape index (κ2) is 7.18. The molecule has 0 unspecified atom stereocenters. The molecule has 0 fully saturated rings. The first kappa shape index (κ1) is 16.7. The molecule has 2 N–H and O–H groups in total. The third-order valence-electron chi connectivity index (χ3n) is 4.02. The molecular weight excluding hydrogens is 310 g/mol. The summed E-state index contributed by atoms with van der Waals surface area (Å²) < 4.78 is 0. The Kier molecular flexibility index (Phi) is 4.80. The minimum Gasteiger partial charge on any atom is -0.354 e. The fourth-order valence-corrected chi connectivity index (χ4v) is 2.68. The van der Waals surface area contributed by atoms with Crippen LogP contribution in [0.25, 0.3) is 0 Å². The third kappa shape index (κ3) is 4.04. The van der Waals surface area contributed by atoms with Gasteiger partial charge in [0.2, 0.25) is 0 Å². The van der Waals surface area contributed by atoms with E-state index in [0.717, 1.165) is 28.2 Å². The maximum Gasteiger partial charge on any atom is 0.274 e. The lowest BCUT2D eigenvalue weighted by molar-refractivity contribution is 0.102. The number of pyridine rings is 1. The van der Waals surface area contributed by atoms with Crippen molar-refractivity contribution < 1.29 is 4.79 Å². The number of carbonyl (C=O) groups is 1. The first-order valence-electron chi connectivity index (χ1n) is 8.20. The second-order valence-corrected chi connectivity index (χ2v) is 6.15. The Morgan fingerprint density at radius 1 is 0.880 bits per heavy atom. The number of carbonyl (C=O) groups excluding carboxylic acids is 1. The Morgan fingerprint density at radius 2 is 1.60 bits per heavy atom. The topological polar surface area (TPSA) is 54.0 Å². The molecule has 0 aliphatic heterocycles. The van der Waals surface area contributed by atoms with Crippen LogP contribution in [-0.4, -0.2) is 10.9 Å². The van der Waals surface area contributed by atoms with Gasteiger partial charge in [-0.1, -0.05) is 30.3 Å². The zero-order valence-corrected chi connectivity index (χ0v) is 14.6. The minimum atomic E-state index is -0.209. The van der Waals surface area contributed by atoms with E-state index in [1.165, 1.54) is 5.56 Å². The fourth-order valence-electron chi connectivity index (χ4n) is 2.68. The lowest BCUT2D eigenvalue weighted by atomic mass is 10.1. The van der Waals surface area contributed by atoms with Crippen molar-refractivity contribution in [2.45, 2.75) is 20.8 Å². The largest absolute Gasteiger partial charge is 0.354 e. The van der Waals surface area contributed by atoms with Gasteiger partial charge in [0.1, 0.15) is 5.69 Å². The molecule has 0 aliphatic carbocycles. The molecule has 4 heteroatoms. The second-order valence-electron chi connectivity index (χ2n) is 6.15. The highest BCUT2D eigenvalue weighted by molar-refractivity contribution is 6.03. The van der Waals surface area contributed by atoms with Crippen LogP contribution < -0.4 is 10.6 Å². The molecule has 0 aliphatic rings. The van der Waals surface area contributed by atoms with Crippen molar-refractivity contribution in [1.29, 1.82) is 0 Å². The summed E-state index contributed by atoms with van der Waals surface area (Å²) in [7, 11) is 0. The van der Waals surface area contributed by atoms with E-state index < -0.39 is 0 Å². The number of hydrogen-bond donors (Lipinski definition) is 2. The molecule has 0 bridgehead atoms. The summed E-state index contributed by atoms with van der Waals surface area (Å²) in [6, 6.07) is 17.6. The van der Waals surface area contributed by atoms with Crippen molar-refractivity contribution in [2.24, 2.45) is 0 Å². The standard InChI is InChI=1S/C21H21N3O/c1-14-6-4-9-17(12-14)23-18-10-11-19(22-13-18)21(25)24-20-15(2)7-5-8-16(20)3/h4-13,23H,1-3H3,(H,24,25). The number of aromatic nitrogens is 1. The third-order valence-corrected chi connectivity index (χ3v) is 4.02. The number of amides is 1. The van der Waals surface area contributed by atoms with Crippen molar-refractivity contribution in [3.63, 3.8) is 0 Å². The minimum absolute atomic E-state index is 0.209. The molecule has 4 nitrogen and oxygen atoms in total. The summed E-state index contributed by atoms with van der Waals surface area (Å²) in [5.74, 6) is -0.209. The summed E-state index contributed by atoms with van der Waals surface area (Å²) in [5, 5.41) is 6.23. The Balaban J connectivity index is 1.72. The van der Waals surface area contributed by atoms with Crippen molar-refractivity contribution in [3.8, 4) is 0 Å². The van der Waals surface area contributed by atoms with Gasteiger partial charge in [-0.15, -0.1) is 0 Å². The van der Waals surface area contributed by atoms with Crippen LogP contribution in [0.2, 0.25) is 0 Å². The highest BCUT2D eigenvalue weighted by Gasteiger charge is 2.10. The molecule has 0 radical (unpaired) electrons. The van der Waals surface area contributed by atoms with Gasteiger partial charge in [0, 0.05) is 11.4 Å². The zero-order chi connectivity index (χ0) is 17.8. The SMILES string of the molecule is Cc1cccc(Nc2ccc(C(=O)Nc3c(C)cccc3C)nc2)c1. The van der Waals surface area contributed by atoms with Gasteiger partial charge in [0.15, 0.2) is 0 Å². The Morgan fingerprint density at radius 3 is 2.24 bits per heavy atom. The van der Waals surface area contributed by atoms with Gasteiger partial charge in [-0.25, -0.2) is 4.98 Å². The molecule has 2 aromatic carbocycles. The summed E-state index contributed by atoms with van der Waals surface area (Å²) in [5.41, 5.74) is 6.32. The molecule has 1 aromatic heterocycles. The summed E-state index contributed by atoms with van der Waals surface area (Å²) >= 11 is 0. The predicted octanol–water partition coefficient (Wildman–Crippen LogP) is 5.00. The average Bonchev–Trinajstić information content (AvgIpc) is 2.59. The molecule has 0 saturated heterocycles. The molecule has 3 aromatic rings. The number of anilines is 3. The molecule has 25 heavy (non-hydrogen) atoms. The summed E-state index contributed by atoms with van der Waals surface area (Å²) in [4.78, 5) is 16.7. The molecule has 126 valence electrons. The Hall–Kier alpha value is -3.14. The van der Waals surface area contributed by atoms with Gasteiger partial charge in [0.25, 0.3) is 5.91 Å². The molecule has 0 spiro atoms. The van der Waals surface area contributed by atoms with Crippen LogP contribution in [0.4, 0.5) is 17.1 Å². The Bertz CT molecular complexity index is 881. The van der Waals surface area contributed by atoms with Crippen LogP contribution in [0.15, 0.2) is 60.8 Å². The van der Waals surface area contributed by atoms with Crippen molar-refractivity contribution in [3.05, 3.63) is 83.2 Å². The van der Waals surface area contributed by atoms with E-state index in [-0.39, 0.29) is 5.91 Å². The number of rotatable bonds is 4. The summed E-state index contributed by atoms with van der Waals surface area (Å²) in [6.45, 7) is 6.00. The molecule has 0 atom stereocenters. The van der Waals surface area contributed by atoms with E-state index in [4.69, 9.17) is 0 Å². The van der Waals surface area contributed by atoms with Gasteiger partial charge in [-0.3, -0.25) is 4.79 Å². The van der Waals surface area contributed by atoms with Gasteiger partial charge >= 0.3 is 0 Å². The van der Waals surface area contributed by atoms with Crippen LogP contribution in [0.5, 0.6) is 0 Å². The Labute approximate surface area is 147 Å². The van der Waals surface area contributed by atoms with Crippen LogP contribution in [0, 0.1) is 20.8 Å².